The average Bonchev–Trinajstić information content (AvgIpc) is 3.03. The van der Waals surface area contributed by atoms with Gasteiger partial charge in [-0.25, -0.2) is 4.98 Å². The van der Waals surface area contributed by atoms with E-state index in [-0.39, 0.29) is 5.92 Å². The van der Waals surface area contributed by atoms with Crippen LogP contribution in [-0.4, -0.2) is 38.1 Å². The molecule has 0 radical (unpaired) electrons. The maximum Gasteiger partial charge on any atom is 0.306 e. The van der Waals surface area contributed by atoms with E-state index in [2.05, 4.69) is 28.3 Å². The molecule has 5 heteroatoms. The Balaban J connectivity index is 1.85. The van der Waals surface area contributed by atoms with E-state index >= 15 is 0 Å². The van der Waals surface area contributed by atoms with Crippen LogP contribution in [0, 0.1) is 5.92 Å². The smallest absolute Gasteiger partial charge is 0.306 e. The third-order valence-corrected chi connectivity index (χ3v) is 4.73. The molecule has 2 atom stereocenters. The molecule has 0 bridgehead atoms. The Morgan fingerprint density at radius 1 is 1.40 bits per heavy atom. The Bertz CT molecular complexity index is 509. The van der Waals surface area contributed by atoms with Gasteiger partial charge in [0.05, 0.1) is 12.0 Å². The van der Waals surface area contributed by atoms with Gasteiger partial charge >= 0.3 is 5.97 Å². The number of aromatic nitrogens is 2. The Kier molecular flexibility index (Phi) is 3.54. The topological polar surface area (TPSA) is 58.4 Å². The van der Waals surface area contributed by atoms with Crippen molar-refractivity contribution in [1.82, 2.24) is 14.5 Å². The number of rotatable bonds is 3. The molecular weight excluding hydrogens is 254 g/mol. The highest BCUT2D eigenvalue weighted by Crippen LogP contribution is 2.35. The Morgan fingerprint density at radius 2 is 2.20 bits per heavy atom. The molecule has 1 saturated heterocycles. The van der Waals surface area contributed by atoms with Crippen molar-refractivity contribution in [3.05, 3.63) is 17.7 Å². The minimum atomic E-state index is -0.677. The largest absolute Gasteiger partial charge is 0.481 e. The molecule has 110 valence electrons. The van der Waals surface area contributed by atoms with E-state index in [0.29, 0.717) is 18.5 Å². The first-order valence-corrected chi connectivity index (χ1v) is 7.60. The molecule has 2 aliphatic heterocycles. The molecule has 1 aromatic rings. The van der Waals surface area contributed by atoms with Crippen LogP contribution in [0.15, 0.2) is 6.20 Å². The monoisotopic (exact) mass is 277 g/mol. The zero-order valence-electron chi connectivity index (χ0n) is 12.2. The molecule has 3 rings (SSSR count). The van der Waals surface area contributed by atoms with Gasteiger partial charge in [0.2, 0.25) is 0 Å². The predicted octanol–water partition coefficient (Wildman–Crippen LogP) is 2.08. The zero-order valence-corrected chi connectivity index (χ0v) is 12.2. The molecule has 2 unspecified atom stereocenters. The van der Waals surface area contributed by atoms with E-state index in [9.17, 15) is 4.79 Å². The van der Waals surface area contributed by atoms with Crippen molar-refractivity contribution in [2.45, 2.75) is 58.2 Å². The average molecular weight is 277 g/mol. The molecule has 1 N–H and O–H groups in total. The summed E-state index contributed by atoms with van der Waals surface area (Å²) in [6, 6.07) is 0.941. The van der Waals surface area contributed by atoms with Crippen molar-refractivity contribution in [2.75, 3.05) is 6.54 Å². The maximum atomic E-state index is 11.1. The van der Waals surface area contributed by atoms with Gasteiger partial charge in [0, 0.05) is 30.9 Å². The van der Waals surface area contributed by atoms with E-state index < -0.39 is 5.97 Å². The van der Waals surface area contributed by atoms with Gasteiger partial charge in [-0.05, 0) is 39.7 Å². The van der Waals surface area contributed by atoms with E-state index in [1.165, 1.54) is 6.42 Å². The third kappa shape index (κ3) is 2.24. The quantitative estimate of drug-likeness (QED) is 0.919. The fraction of sp³-hybridized carbons (Fsp3) is 0.733. The van der Waals surface area contributed by atoms with Gasteiger partial charge in [-0.2, -0.15) is 0 Å². The minimum absolute atomic E-state index is 0.239. The predicted molar refractivity (Wildman–Crippen MR) is 75.5 cm³/mol. The molecule has 1 fully saturated rings. The van der Waals surface area contributed by atoms with Gasteiger partial charge in [-0.3, -0.25) is 9.69 Å². The number of fused-ring (bicyclic) bond motifs is 1. The SMILES string of the molecule is CC(C)N1CCCC1c1ncc2n1CCC(C(=O)O)C2. The van der Waals surface area contributed by atoms with Gasteiger partial charge in [-0.1, -0.05) is 0 Å². The molecule has 5 nitrogen and oxygen atoms in total. The number of aliphatic carboxylic acids is 1. The van der Waals surface area contributed by atoms with Crippen molar-refractivity contribution in [1.29, 1.82) is 0 Å². The van der Waals surface area contributed by atoms with Crippen molar-refractivity contribution in [2.24, 2.45) is 5.92 Å². The lowest BCUT2D eigenvalue weighted by Crippen LogP contribution is -2.33. The summed E-state index contributed by atoms with van der Waals surface area (Å²) in [5, 5.41) is 9.16. The fourth-order valence-corrected chi connectivity index (χ4v) is 3.65. The molecule has 20 heavy (non-hydrogen) atoms. The maximum absolute atomic E-state index is 11.1. The molecular formula is C15H23N3O2. The first-order valence-electron chi connectivity index (χ1n) is 7.60. The van der Waals surface area contributed by atoms with Crippen LogP contribution >= 0.6 is 0 Å². The molecule has 0 saturated carbocycles. The molecule has 3 heterocycles. The Labute approximate surface area is 119 Å². The fourth-order valence-electron chi connectivity index (χ4n) is 3.65. The summed E-state index contributed by atoms with van der Waals surface area (Å²) in [5.41, 5.74) is 1.09. The van der Waals surface area contributed by atoms with E-state index in [4.69, 9.17) is 5.11 Å². The van der Waals surface area contributed by atoms with Crippen molar-refractivity contribution >= 4 is 5.97 Å². The van der Waals surface area contributed by atoms with Crippen LogP contribution in [0.2, 0.25) is 0 Å². The van der Waals surface area contributed by atoms with E-state index in [1.54, 1.807) is 0 Å². The van der Waals surface area contributed by atoms with Crippen molar-refractivity contribution in [3.8, 4) is 0 Å². The molecule has 0 aromatic carbocycles. The Morgan fingerprint density at radius 3 is 2.90 bits per heavy atom. The van der Waals surface area contributed by atoms with Gasteiger partial charge < -0.3 is 9.67 Å². The first kappa shape index (κ1) is 13.6. The lowest BCUT2D eigenvalue weighted by molar-refractivity contribution is -0.142. The van der Waals surface area contributed by atoms with Crippen molar-refractivity contribution < 1.29 is 9.90 Å². The second kappa shape index (κ2) is 5.20. The lowest BCUT2D eigenvalue weighted by Gasteiger charge is -2.30. The van der Waals surface area contributed by atoms with Crippen LogP contribution in [0.3, 0.4) is 0 Å². The second-order valence-corrected chi connectivity index (χ2v) is 6.28. The van der Waals surface area contributed by atoms with E-state index in [0.717, 1.165) is 37.4 Å². The van der Waals surface area contributed by atoms with E-state index in [1.807, 2.05) is 6.20 Å². The molecule has 0 aliphatic carbocycles. The number of nitrogens with zero attached hydrogens (tertiary/aromatic N) is 3. The number of carboxylic acids is 1. The highest BCUT2D eigenvalue weighted by Gasteiger charge is 2.34. The molecule has 0 spiro atoms. The number of hydrogen-bond donors (Lipinski definition) is 1. The highest BCUT2D eigenvalue weighted by atomic mass is 16.4. The summed E-state index contributed by atoms with van der Waals surface area (Å²) in [6.07, 6.45) is 5.62. The van der Waals surface area contributed by atoms with Crippen LogP contribution in [0.1, 0.15) is 50.7 Å². The summed E-state index contributed by atoms with van der Waals surface area (Å²) in [6.45, 7) is 6.41. The van der Waals surface area contributed by atoms with Gasteiger partial charge in [0.25, 0.3) is 0 Å². The van der Waals surface area contributed by atoms with Crippen LogP contribution in [0.5, 0.6) is 0 Å². The van der Waals surface area contributed by atoms with Crippen LogP contribution in [0.4, 0.5) is 0 Å². The number of hydrogen-bond acceptors (Lipinski definition) is 3. The number of carboxylic acid groups (broad SMARTS) is 1. The zero-order chi connectivity index (χ0) is 14.3. The first-order chi connectivity index (χ1) is 9.58. The summed E-state index contributed by atoms with van der Waals surface area (Å²) >= 11 is 0. The number of imidazole rings is 1. The number of carbonyl (C=O) groups is 1. The summed E-state index contributed by atoms with van der Waals surface area (Å²) in [5.74, 6) is 0.232. The molecule has 2 aliphatic rings. The molecule has 0 amide bonds. The Hall–Kier alpha value is -1.36. The minimum Gasteiger partial charge on any atom is -0.481 e. The highest BCUT2D eigenvalue weighted by molar-refractivity contribution is 5.70. The van der Waals surface area contributed by atoms with Crippen molar-refractivity contribution in [3.63, 3.8) is 0 Å². The normalized spacial score (nSPS) is 26.9. The number of likely N-dealkylation sites (tertiary alicyclic amines) is 1. The van der Waals surface area contributed by atoms with Gasteiger partial charge in [0.15, 0.2) is 0 Å². The lowest BCUT2D eigenvalue weighted by atomic mass is 9.96. The summed E-state index contributed by atoms with van der Waals surface area (Å²) in [4.78, 5) is 18.3. The summed E-state index contributed by atoms with van der Waals surface area (Å²) in [7, 11) is 0. The van der Waals surface area contributed by atoms with Gasteiger partial charge in [-0.15, -0.1) is 0 Å². The second-order valence-electron chi connectivity index (χ2n) is 6.28. The molecule has 1 aromatic heterocycles. The summed E-state index contributed by atoms with van der Waals surface area (Å²) < 4.78 is 2.27. The van der Waals surface area contributed by atoms with Crippen LogP contribution in [-0.2, 0) is 17.8 Å². The third-order valence-electron chi connectivity index (χ3n) is 4.73. The van der Waals surface area contributed by atoms with Crippen LogP contribution in [0.25, 0.3) is 0 Å². The van der Waals surface area contributed by atoms with Crippen LogP contribution < -0.4 is 0 Å². The standard InChI is InChI=1S/C15H23N3O2/c1-10(2)17-6-3-4-13(17)14-16-9-12-8-11(15(19)20)5-7-18(12)14/h9-11,13H,3-8H2,1-2H3,(H,19,20). The van der Waals surface area contributed by atoms with Gasteiger partial charge in [0.1, 0.15) is 5.82 Å².